The molecule has 2 N–H and O–H groups in total. The van der Waals surface area contributed by atoms with E-state index in [1.807, 2.05) is 24.0 Å². The van der Waals surface area contributed by atoms with Crippen molar-refractivity contribution in [3.63, 3.8) is 0 Å². The van der Waals surface area contributed by atoms with Crippen molar-refractivity contribution in [3.8, 4) is 0 Å². The van der Waals surface area contributed by atoms with E-state index in [2.05, 4.69) is 22.1 Å². The maximum Gasteiger partial charge on any atom is 0.245 e. The van der Waals surface area contributed by atoms with E-state index in [4.69, 9.17) is 0 Å². The highest BCUT2D eigenvalue weighted by molar-refractivity contribution is 7.10. The number of carbonyl (C=O) groups excluding carboxylic acids is 3. The number of nitrogens with one attached hydrogen (secondary N) is 2. The van der Waals surface area contributed by atoms with Crippen molar-refractivity contribution in [2.75, 3.05) is 11.9 Å². The van der Waals surface area contributed by atoms with Crippen LogP contribution >= 0.6 is 11.3 Å². The van der Waals surface area contributed by atoms with Gasteiger partial charge in [0.2, 0.25) is 17.7 Å². The van der Waals surface area contributed by atoms with E-state index in [-0.39, 0.29) is 24.1 Å². The third-order valence-corrected chi connectivity index (χ3v) is 5.99. The lowest BCUT2D eigenvalue weighted by Crippen LogP contribution is -2.50. The fraction of sp³-hybridized carbons (Fsp3) is 0.409. The molecule has 3 amide bonds. The summed E-state index contributed by atoms with van der Waals surface area (Å²) < 4.78 is 0. The molecule has 1 aliphatic heterocycles. The molecule has 154 valence electrons. The van der Waals surface area contributed by atoms with Gasteiger partial charge in [0.25, 0.3) is 0 Å². The second-order valence-corrected chi connectivity index (χ2v) is 8.34. The van der Waals surface area contributed by atoms with E-state index >= 15 is 0 Å². The number of hydrogen-bond acceptors (Lipinski definition) is 4. The summed E-state index contributed by atoms with van der Waals surface area (Å²) in [5, 5.41) is 7.70. The molecule has 1 unspecified atom stereocenters. The first-order valence-corrected chi connectivity index (χ1v) is 10.8. The highest BCUT2D eigenvalue weighted by atomic mass is 32.1. The molecule has 3 rings (SSSR count). The van der Waals surface area contributed by atoms with Crippen molar-refractivity contribution in [1.29, 1.82) is 0 Å². The Kier molecular flexibility index (Phi) is 7.04. The highest BCUT2D eigenvalue weighted by Gasteiger charge is 2.28. The van der Waals surface area contributed by atoms with Gasteiger partial charge in [-0.2, -0.15) is 0 Å². The minimum absolute atomic E-state index is 0.00180. The Bertz CT molecular complexity index is 876. The first-order valence-electron chi connectivity index (χ1n) is 9.96. The maximum absolute atomic E-state index is 13.0. The lowest BCUT2D eigenvalue weighted by atomic mass is 10.1. The topological polar surface area (TPSA) is 78.5 Å². The molecule has 1 aliphatic rings. The van der Waals surface area contributed by atoms with Crippen molar-refractivity contribution in [2.24, 2.45) is 0 Å². The molecule has 6 nitrogen and oxygen atoms in total. The molecule has 2 heterocycles. The number of thiophene rings is 1. The Labute approximate surface area is 175 Å². The average molecular weight is 414 g/mol. The van der Waals surface area contributed by atoms with Gasteiger partial charge >= 0.3 is 0 Å². The first-order chi connectivity index (χ1) is 14.0. The van der Waals surface area contributed by atoms with Gasteiger partial charge in [-0.25, -0.2) is 0 Å². The third kappa shape index (κ3) is 5.67. The molecule has 0 bridgehead atoms. The number of benzene rings is 1. The average Bonchev–Trinajstić information content (AvgIpc) is 3.16. The van der Waals surface area contributed by atoms with Crippen LogP contribution in [0, 0.1) is 0 Å². The summed E-state index contributed by atoms with van der Waals surface area (Å²) in [5.74, 6) is -0.306. The van der Waals surface area contributed by atoms with Crippen LogP contribution in [0.4, 0.5) is 5.69 Å². The van der Waals surface area contributed by atoms with Crippen molar-refractivity contribution in [3.05, 3.63) is 51.7 Å². The number of hydrogen-bond donors (Lipinski definition) is 2. The Balaban J connectivity index is 1.58. The van der Waals surface area contributed by atoms with E-state index < -0.39 is 6.04 Å². The molecule has 0 radical (unpaired) electrons. The monoisotopic (exact) mass is 413 g/mol. The van der Waals surface area contributed by atoms with Gasteiger partial charge in [-0.05, 0) is 47.5 Å². The standard InChI is InChI=1S/C22H27N3O3S/c1-3-4-19(22(28)25-11-9-20-17(14-25)10-12-29-20)24-21(27)13-16-5-7-18(8-6-16)23-15(2)26/h5-8,10,12,19H,3-4,9,11,13-14H2,1-2H3,(H,23,26)(H,24,27). The lowest BCUT2D eigenvalue weighted by molar-refractivity contribution is -0.137. The zero-order chi connectivity index (χ0) is 20.8. The van der Waals surface area contributed by atoms with Gasteiger partial charge in [0.1, 0.15) is 6.04 Å². The molecule has 1 aromatic carbocycles. The quantitative estimate of drug-likeness (QED) is 0.732. The fourth-order valence-corrected chi connectivity index (χ4v) is 4.43. The molecular formula is C22H27N3O3S. The lowest BCUT2D eigenvalue weighted by Gasteiger charge is -2.31. The van der Waals surface area contributed by atoms with Crippen molar-refractivity contribution < 1.29 is 14.4 Å². The summed E-state index contributed by atoms with van der Waals surface area (Å²) in [7, 11) is 0. The normalized spacial score (nSPS) is 14.1. The van der Waals surface area contributed by atoms with E-state index in [9.17, 15) is 14.4 Å². The molecule has 29 heavy (non-hydrogen) atoms. The summed E-state index contributed by atoms with van der Waals surface area (Å²) in [6.45, 7) is 4.79. The predicted molar refractivity (Wildman–Crippen MR) is 115 cm³/mol. The van der Waals surface area contributed by atoms with E-state index in [0.29, 0.717) is 25.2 Å². The number of anilines is 1. The Morgan fingerprint density at radius 1 is 1.17 bits per heavy atom. The second kappa shape index (κ2) is 9.69. The summed E-state index contributed by atoms with van der Waals surface area (Å²) in [4.78, 5) is 39.9. The van der Waals surface area contributed by atoms with Crippen LogP contribution in [0.5, 0.6) is 0 Å². The number of carbonyl (C=O) groups is 3. The molecule has 1 aromatic heterocycles. The number of fused-ring (bicyclic) bond motifs is 1. The third-order valence-electron chi connectivity index (χ3n) is 4.97. The number of nitrogens with zero attached hydrogens (tertiary/aromatic N) is 1. The molecule has 2 aromatic rings. The van der Waals surface area contributed by atoms with Crippen LogP contribution in [0.1, 0.15) is 42.7 Å². The zero-order valence-electron chi connectivity index (χ0n) is 16.9. The minimum atomic E-state index is -0.494. The Morgan fingerprint density at radius 2 is 1.93 bits per heavy atom. The van der Waals surface area contributed by atoms with Crippen LogP contribution < -0.4 is 10.6 Å². The van der Waals surface area contributed by atoms with E-state index in [0.717, 1.165) is 18.4 Å². The number of amides is 3. The zero-order valence-corrected chi connectivity index (χ0v) is 17.7. The SMILES string of the molecule is CCCC(NC(=O)Cc1ccc(NC(C)=O)cc1)C(=O)N1CCc2sccc2C1. The molecule has 1 atom stereocenters. The van der Waals surface area contributed by atoms with Gasteiger partial charge in [0.15, 0.2) is 0 Å². The van der Waals surface area contributed by atoms with Gasteiger partial charge in [-0.3, -0.25) is 14.4 Å². The van der Waals surface area contributed by atoms with Gasteiger partial charge in [0.05, 0.1) is 6.42 Å². The molecular weight excluding hydrogens is 386 g/mol. The van der Waals surface area contributed by atoms with Crippen LogP contribution in [-0.2, 0) is 33.8 Å². The first kappa shape index (κ1) is 21.0. The van der Waals surface area contributed by atoms with E-state index in [1.165, 1.54) is 17.4 Å². The smallest absolute Gasteiger partial charge is 0.245 e. The molecule has 0 aliphatic carbocycles. The van der Waals surface area contributed by atoms with Crippen LogP contribution in [-0.4, -0.2) is 35.2 Å². The van der Waals surface area contributed by atoms with Gasteiger partial charge in [-0.15, -0.1) is 11.3 Å². The van der Waals surface area contributed by atoms with Crippen molar-refractivity contribution in [2.45, 2.75) is 52.1 Å². The molecule has 0 saturated carbocycles. The maximum atomic E-state index is 13.0. The Hall–Kier alpha value is -2.67. The number of rotatable bonds is 7. The largest absolute Gasteiger partial charge is 0.344 e. The van der Waals surface area contributed by atoms with Crippen molar-refractivity contribution >= 4 is 34.7 Å². The van der Waals surface area contributed by atoms with Crippen LogP contribution in [0.25, 0.3) is 0 Å². The van der Waals surface area contributed by atoms with Gasteiger partial charge in [0, 0.05) is 30.6 Å². The molecule has 0 fully saturated rings. The van der Waals surface area contributed by atoms with Gasteiger partial charge in [-0.1, -0.05) is 25.5 Å². The molecule has 0 saturated heterocycles. The van der Waals surface area contributed by atoms with Crippen LogP contribution in [0.2, 0.25) is 0 Å². The summed E-state index contributed by atoms with van der Waals surface area (Å²) in [6.07, 6.45) is 2.52. The summed E-state index contributed by atoms with van der Waals surface area (Å²) >= 11 is 1.74. The highest BCUT2D eigenvalue weighted by Crippen LogP contribution is 2.24. The van der Waals surface area contributed by atoms with Crippen LogP contribution in [0.3, 0.4) is 0 Å². The van der Waals surface area contributed by atoms with Crippen LogP contribution in [0.15, 0.2) is 35.7 Å². The van der Waals surface area contributed by atoms with Gasteiger partial charge < -0.3 is 15.5 Å². The predicted octanol–water partition coefficient (Wildman–Crippen LogP) is 3.12. The molecule has 7 heteroatoms. The Morgan fingerprint density at radius 3 is 2.62 bits per heavy atom. The second-order valence-electron chi connectivity index (χ2n) is 7.34. The minimum Gasteiger partial charge on any atom is -0.344 e. The molecule has 0 spiro atoms. The fourth-order valence-electron chi connectivity index (χ4n) is 3.54. The summed E-state index contributed by atoms with van der Waals surface area (Å²) in [5.41, 5.74) is 2.74. The van der Waals surface area contributed by atoms with Crippen molar-refractivity contribution in [1.82, 2.24) is 10.2 Å². The van der Waals surface area contributed by atoms with E-state index in [1.54, 1.807) is 23.5 Å². The summed E-state index contributed by atoms with van der Waals surface area (Å²) in [6, 6.07) is 8.74.